The molecule has 0 N–H and O–H groups in total. The summed E-state index contributed by atoms with van der Waals surface area (Å²) in [7, 11) is 0. The second-order valence-electron chi connectivity index (χ2n) is 8.69. The zero-order chi connectivity index (χ0) is 17.4. The van der Waals surface area contributed by atoms with Crippen LogP contribution < -0.4 is 0 Å². The van der Waals surface area contributed by atoms with Crippen LogP contribution in [0.4, 0.5) is 8.78 Å². The first-order chi connectivity index (χ1) is 11.4. The normalized spacial score (nSPS) is 31.5. The molecule has 0 bridgehead atoms. The number of halogens is 2. The van der Waals surface area contributed by atoms with E-state index in [0.29, 0.717) is 17.9 Å². The van der Waals surface area contributed by atoms with E-state index in [1.165, 1.54) is 25.7 Å². The molecule has 0 aromatic carbocycles. The molecule has 1 unspecified atom stereocenters. The molecule has 2 aliphatic heterocycles. The minimum atomic E-state index is -2.57. The minimum Gasteiger partial charge on any atom is -0.298 e. The van der Waals surface area contributed by atoms with Gasteiger partial charge >= 0.3 is 0 Å². The number of alkyl halides is 2. The Morgan fingerprint density at radius 2 is 1.71 bits per heavy atom. The molecule has 24 heavy (non-hydrogen) atoms. The van der Waals surface area contributed by atoms with Crippen molar-refractivity contribution in [3.63, 3.8) is 0 Å². The Labute approximate surface area is 146 Å². The fourth-order valence-electron chi connectivity index (χ4n) is 4.82. The largest absolute Gasteiger partial charge is 0.298 e. The first kappa shape index (κ1) is 18.5. The second kappa shape index (κ2) is 7.16. The van der Waals surface area contributed by atoms with Crippen molar-refractivity contribution in [3.05, 3.63) is 0 Å². The van der Waals surface area contributed by atoms with Crippen molar-refractivity contribution in [2.75, 3.05) is 45.8 Å². The van der Waals surface area contributed by atoms with Gasteiger partial charge in [-0.25, -0.2) is 8.78 Å². The Kier molecular flexibility index (Phi) is 5.53. The van der Waals surface area contributed by atoms with Gasteiger partial charge in [-0.15, -0.1) is 0 Å². The highest BCUT2D eigenvalue weighted by atomic mass is 19.3. The molecule has 3 nitrogen and oxygen atoms in total. The number of hydrogen-bond acceptors (Lipinski definition) is 3. The zero-order valence-electron chi connectivity index (χ0n) is 15.7. The third kappa shape index (κ3) is 4.10. The Balaban J connectivity index is 1.53. The molecule has 3 fully saturated rings. The van der Waals surface area contributed by atoms with Gasteiger partial charge in [0.2, 0.25) is 0 Å². The fourth-order valence-corrected chi connectivity index (χ4v) is 4.82. The lowest BCUT2D eigenvalue weighted by Crippen LogP contribution is -2.62. The van der Waals surface area contributed by atoms with Crippen LogP contribution in [0.3, 0.4) is 0 Å². The summed E-state index contributed by atoms with van der Waals surface area (Å²) in [6.45, 7) is 11.7. The van der Waals surface area contributed by atoms with E-state index in [4.69, 9.17) is 0 Å². The van der Waals surface area contributed by atoms with Gasteiger partial charge < -0.3 is 0 Å². The number of piperazine rings is 1. The lowest BCUT2D eigenvalue weighted by Gasteiger charge is -2.47. The standard InChI is InChI=1S/C19H35F2N3/c1-4-6-18(7-8-18)14-22-9-5-17(19(20,21)15-22)24-12-10-23(11-13-24)16(2)3/h16-17H,4-15H2,1-3H3. The first-order valence-corrected chi connectivity index (χ1v) is 9.93. The van der Waals surface area contributed by atoms with Crippen LogP contribution in [-0.4, -0.2) is 78.5 Å². The molecule has 2 saturated heterocycles. The summed E-state index contributed by atoms with van der Waals surface area (Å²) in [6, 6.07) is -0.0350. The average molecular weight is 344 g/mol. The Bertz CT molecular complexity index is 415. The molecule has 1 aliphatic carbocycles. The van der Waals surface area contributed by atoms with Crippen LogP contribution in [0.1, 0.15) is 52.9 Å². The quantitative estimate of drug-likeness (QED) is 0.733. The molecular weight excluding hydrogens is 308 g/mol. The monoisotopic (exact) mass is 343 g/mol. The molecule has 2 heterocycles. The SMILES string of the molecule is CCCC1(CN2CCC(N3CCN(C(C)C)CC3)C(F)(F)C2)CC1. The van der Waals surface area contributed by atoms with Crippen molar-refractivity contribution in [1.82, 2.24) is 14.7 Å². The van der Waals surface area contributed by atoms with Crippen LogP contribution in [-0.2, 0) is 0 Å². The van der Waals surface area contributed by atoms with Gasteiger partial charge in [0.05, 0.1) is 12.6 Å². The van der Waals surface area contributed by atoms with Crippen molar-refractivity contribution >= 4 is 0 Å². The van der Waals surface area contributed by atoms with Gasteiger partial charge in [0, 0.05) is 45.3 Å². The molecule has 5 heteroatoms. The van der Waals surface area contributed by atoms with Crippen molar-refractivity contribution in [3.8, 4) is 0 Å². The molecular formula is C19H35F2N3. The van der Waals surface area contributed by atoms with Crippen LogP contribution in [0.15, 0.2) is 0 Å². The lowest BCUT2D eigenvalue weighted by atomic mass is 9.94. The summed E-state index contributed by atoms with van der Waals surface area (Å²) in [5.74, 6) is -2.57. The number of rotatable bonds is 6. The lowest BCUT2D eigenvalue weighted by molar-refractivity contribution is -0.136. The first-order valence-electron chi connectivity index (χ1n) is 9.93. The maximum Gasteiger partial charge on any atom is 0.275 e. The van der Waals surface area contributed by atoms with Gasteiger partial charge in [0.25, 0.3) is 5.92 Å². The highest BCUT2D eigenvalue weighted by Crippen LogP contribution is 2.50. The van der Waals surface area contributed by atoms with E-state index in [-0.39, 0.29) is 6.54 Å². The van der Waals surface area contributed by atoms with E-state index >= 15 is 0 Å². The van der Waals surface area contributed by atoms with E-state index < -0.39 is 12.0 Å². The predicted octanol–water partition coefficient (Wildman–Crippen LogP) is 3.30. The van der Waals surface area contributed by atoms with E-state index in [2.05, 4.69) is 35.5 Å². The molecule has 0 radical (unpaired) electrons. The maximum atomic E-state index is 14.8. The molecule has 3 rings (SSSR count). The van der Waals surface area contributed by atoms with E-state index in [0.717, 1.165) is 39.3 Å². The zero-order valence-corrected chi connectivity index (χ0v) is 15.7. The van der Waals surface area contributed by atoms with Gasteiger partial charge in [-0.1, -0.05) is 13.3 Å². The van der Waals surface area contributed by atoms with Crippen LogP contribution in [0.5, 0.6) is 0 Å². The highest BCUT2D eigenvalue weighted by Gasteiger charge is 2.50. The number of piperidine rings is 1. The van der Waals surface area contributed by atoms with E-state index in [1.807, 2.05) is 0 Å². The molecule has 3 aliphatic rings. The number of nitrogens with zero attached hydrogens (tertiary/aromatic N) is 3. The molecule has 0 aromatic heterocycles. The third-order valence-electron chi connectivity index (χ3n) is 6.46. The Morgan fingerprint density at radius 1 is 1.04 bits per heavy atom. The van der Waals surface area contributed by atoms with Crippen LogP contribution in [0.25, 0.3) is 0 Å². The van der Waals surface area contributed by atoms with Crippen molar-refractivity contribution in [2.45, 2.75) is 70.9 Å². The van der Waals surface area contributed by atoms with Crippen molar-refractivity contribution < 1.29 is 8.78 Å². The number of likely N-dealkylation sites (tertiary alicyclic amines) is 1. The predicted molar refractivity (Wildman–Crippen MR) is 94.6 cm³/mol. The van der Waals surface area contributed by atoms with E-state index in [1.54, 1.807) is 0 Å². The Morgan fingerprint density at radius 3 is 2.21 bits per heavy atom. The second-order valence-corrected chi connectivity index (χ2v) is 8.69. The molecule has 140 valence electrons. The number of hydrogen-bond donors (Lipinski definition) is 0. The third-order valence-corrected chi connectivity index (χ3v) is 6.46. The smallest absolute Gasteiger partial charge is 0.275 e. The van der Waals surface area contributed by atoms with Gasteiger partial charge in [0.15, 0.2) is 0 Å². The van der Waals surface area contributed by atoms with Gasteiger partial charge in [-0.3, -0.25) is 14.7 Å². The molecule has 1 atom stereocenters. The van der Waals surface area contributed by atoms with Crippen LogP contribution in [0.2, 0.25) is 0 Å². The summed E-state index contributed by atoms with van der Waals surface area (Å²) < 4.78 is 29.7. The summed E-state index contributed by atoms with van der Waals surface area (Å²) >= 11 is 0. The minimum absolute atomic E-state index is 0.0342. The summed E-state index contributed by atoms with van der Waals surface area (Å²) in [6.07, 6.45) is 5.48. The maximum absolute atomic E-state index is 14.8. The molecule has 0 amide bonds. The van der Waals surface area contributed by atoms with Crippen LogP contribution in [0, 0.1) is 5.41 Å². The molecule has 1 saturated carbocycles. The van der Waals surface area contributed by atoms with Crippen molar-refractivity contribution in [2.24, 2.45) is 5.41 Å². The average Bonchev–Trinajstić information content (AvgIpc) is 3.26. The van der Waals surface area contributed by atoms with Gasteiger partial charge in [-0.2, -0.15) is 0 Å². The van der Waals surface area contributed by atoms with Crippen LogP contribution >= 0.6 is 0 Å². The topological polar surface area (TPSA) is 9.72 Å². The van der Waals surface area contributed by atoms with Gasteiger partial charge in [-0.05, 0) is 44.9 Å². The Hall–Kier alpha value is -0.260. The molecule has 0 spiro atoms. The molecule has 0 aromatic rings. The summed E-state index contributed by atoms with van der Waals surface area (Å²) in [4.78, 5) is 6.52. The van der Waals surface area contributed by atoms with E-state index in [9.17, 15) is 8.78 Å². The fraction of sp³-hybridized carbons (Fsp3) is 1.00. The summed E-state index contributed by atoms with van der Waals surface area (Å²) in [5.41, 5.74) is 0.376. The summed E-state index contributed by atoms with van der Waals surface area (Å²) in [5, 5.41) is 0. The highest BCUT2D eigenvalue weighted by molar-refractivity contribution is 5.00. The van der Waals surface area contributed by atoms with Gasteiger partial charge in [0.1, 0.15) is 0 Å². The van der Waals surface area contributed by atoms with Crippen molar-refractivity contribution in [1.29, 1.82) is 0 Å².